The van der Waals surface area contributed by atoms with E-state index in [0.717, 1.165) is 4.31 Å². The van der Waals surface area contributed by atoms with Crippen LogP contribution in [0.1, 0.15) is 39.2 Å². The third-order valence-corrected chi connectivity index (χ3v) is 9.27. The van der Waals surface area contributed by atoms with Crippen LogP contribution < -0.4 is 19.1 Å². The molecule has 0 saturated heterocycles. The maximum absolute atomic E-state index is 14.2. The second-order valence-electron chi connectivity index (χ2n) is 10.0. The number of hydrogen-bond donors (Lipinski definition) is 1. The Morgan fingerprint density at radius 3 is 2.26 bits per heavy atom. The molecule has 3 aromatic carbocycles. The number of sulfonamides is 1. The van der Waals surface area contributed by atoms with E-state index in [1.54, 1.807) is 60.7 Å². The van der Waals surface area contributed by atoms with Gasteiger partial charge in [-0.15, -0.1) is 0 Å². The van der Waals surface area contributed by atoms with Crippen LogP contribution in [0.15, 0.2) is 77.7 Å². The minimum Gasteiger partial charge on any atom is -0.486 e. The van der Waals surface area contributed by atoms with Crippen molar-refractivity contribution in [3.05, 3.63) is 83.4 Å². The molecule has 0 radical (unpaired) electrons. The molecule has 2 amide bonds. The van der Waals surface area contributed by atoms with Crippen molar-refractivity contribution in [2.45, 2.75) is 57.1 Å². The van der Waals surface area contributed by atoms with E-state index >= 15 is 0 Å². The van der Waals surface area contributed by atoms with Gasteiger partial charge in [-0.25, -0.2) is 8.42 Å². The standard InChI is InChI=1S/C31H36ClN3O6S/c1-4-22(3)33-31(37)27(5-2)34(20-23-11-9-10-14-26(23)32)30(36)21-35(42(38,39)25-12-7-6-8-13-25)24-15-16-28-29(19-24)41-18-17-40-28/h6-16,19,22,27H,4-5,17-18,20-21H2,1-3H3,(H,33,37)/t22-,27-/m0/s1. The van der Waals surface area contributed by atoms with Crippen LogP contribution in [0.25, 0.3) is 0 Å². The maximum atomic E-state index is 14.2. The van der Waals surface area contributed by atoms with Crippen molar-refractivity contribution in [3.63, 3.8) is 0 Å². The van der Waals surface area contributed by atoms with Gasteiger partial charge in [-0.3, -0.25) is 13.9 Å². The number of rotatable bonds is 12. The van der Waals surface area contributed by atoms with Gasteiger partial charge in [0.1, 0.15) is 25.8 Å². The maximum Gasteiger partial charge on any atom is 0.264 e. The van der Waals surface area contributed by atoms with Gasteiger partial charge < -0.3 is 19.7 Å². The zero-order chi connectivity index (χ0) is 30.3. The van der Waals surface area contributed by atoms with Crippen LogP contribution in [0.4, 0.5) is 5.69 Å². The monoisotopic (exact) mass is 613 g/mol. The lowest BCUT2D eigenvalue weighted by molar-refractivity contribution is -0.140. The van der Waals surface area contributed by atoms with Crippen molar-refractivity contribution < 1.29 is 27.5 Å². The molecule has 11 heteroatoms. The number of fused-ring (bicyclic) bond motifs is 1. The molecule has 3 aromatic rings. The minimum absolute atomic E-state index is 0.0191. The van der Waals surface area contributed by atoms with E-state index in [1.165, 1.54) is 17.0 Å². The Kier molecular flexibility index (Phi) is 10.3. The normalized spacial score (nSPS) is 14.0. The highest BCUT2D eigenvalue weighted by atomic mass is 35.5. The molecule has 2 atom stereocenters. The van der Waals surface area contributed by atoms with Crippen LogP contribution in [0.2, 0.25) is 5.02 Å². The highest BCUT2D eigenvalue weighted by Gasteiger charge is 2.34. The summed E-state index contributed by atoms with van der Waals surface area (Å²) in [7, 11) is -4.20. The summed E-state index contributed by atoms with van der Waals surface area (Å²) < 4.78 is 40.4. The number of ether oxygens (including phenoxy) is 2. The van der Waals surface area contributed by atoms with E-state index < -0.39 is 28.5 Å². The van der Waals surface area contributed by atoms with E-state index in [9.17, 15) is 18.0 Å². The zero-order valence-electron chi connectivity index (χ0n) is 24.0. The van der Waals surface area contributed by atoms with Crippen molar-refractivity contribution in [2.24, 2.45) is 0 Å². The van der Waals surface area contributed by atoms with Gasteiger partial charge in [-0.1, -0.05) is 61.8 Å². The first-order valence-corrected chi connectivity index (χ1v) is 15.8. The molecule has 0 spiro atoms. The second kappa shape index (κ2) is 13.9. The highest BCUT2D eigenvalue weighted by molar-refractivity contribution is 7.92. The molecule has 0 aromatic heterocycles. The van der Waals surface area contributed by atoms with Crippen LogP contribution in [0.3, 0.4) is 0 Å². The predicted octanol–water partition coefficient (Wildman–Crippen LogP) is 5.03. The third-order valence-electron chi connectivity index (χ3n) is 7.11. The van der Waals surface area contributed by atoms with Crippen LogP contribution in [0.5, 0.6) is 11.5 Å². The van der Waals surface area contributed by atoms with Crippen molar-refractivity contribution in [2.75, 3.05) is 24.1 Å². The van der Waals surface area contributed by atoms with Gasteiger partial charge in [0.15, 0.2) is 11.5 Å². The largest absolute Gasteiger partial charge is 0.486 e. The fraction of sp³-hybridized carbons (Fsp3) is 0.355. The first kappa shape index (κ1) is 31.2. The Hall–Kier alpha value is -3.76. The van der Waals surface area contributed by atoms with Gasteiger partial charge in [-0.05, 0) is 55.7 Å². The molecular weight excluding hydrogens is 578 g/mol. The van der Waals surface area contributed by atoms with Crippen molar-refractivity contribution in [1.29, 1.82) is 0 Å². The molecule has 42 heavy (non-hydrogen) atoms. The average Bonchev–Trinajstić information content (AvgIpc) is 3.00. The molecule has 1 N–H and O–H groups in total. The van der Waals surface area contributed by atoms with Crippen LogP contribution >= 0.6 is 11.6 Å². The van der Waals surface area contributed by atoms with Gasteiger partial charge in [0.25, 0.3) is 10.0 Å². The first-order valence-electron chi connectivity index (χ1n) is 14.0. The van der Waals surface area contributed by atoms with Crippen molar-refractivity contribution in [3.8, 4) is 11.5 Å². The summed E-state index contributed by atoms with van der Waals surface area (Å²) in [6.45, 7) is 5.81. The third kappa shape index (κ3) is 7.17. The molecule has 0 bridgehead atoms. The minimum atomic E-state index is -4.20. The topological polar surface area (TPSA) is 105 Å². The molecule has 0 fully saturated rings. The lowest BCUT2D eigenvalue weighted by atomic mass is 10.1. The molecule has 1 aliphatic rings. The average molecular weight is 614 g/mol. The molecule has 9 nitrogen and oxygen atoms in total. The van der Waals surface area contributed by atoms with Crippen LogP contribution in [-0.2, 0) is 26.2 Å². The molecular formula is C31H36ClN3O6S. The molecule has 224 valence electrons. The van der Waals surface area contributed by atoms with Gasteiger partial charge >= 0.3 is 0 Å². The van der Waals surface area contributed by atoms with Gasteiger partial charge in [-0.2, -0.15) is 0 Å². The van der Waals surface area contributed by atoms with E-state index in [1.807, 2.05) is 20.8 Å². The lowest BCUT2D eigenvalue weighted by Gasteiger charge is -2.34. The fourth-order valence-corrected chi connectivity index (χ4v) is 6.23. The Morgan fingerprint density at radius 1 is 0.929 bits per heavy atom. The zero-order valence-corrected chi connectivity index (χ0v) is 25.5. The quantitative estimate of drug-likeness (QED) is 0.307. The number of carbonyl (C=O) groups excluding carboxylic acids is 2. The first-order chi connectivity index (χ1) is 20.1. The van der Waals surface area contributed by atoms with Crippen LogP contribution in [0, 0.1) is 0 Å². The fourth-order valence-electron chi connectivity index (χ4n) is 4.61. The number of nitrogens with zero attached hydrogens (tertiary/aromatic N) is 2. The summed E-state index contributed by atoms with van der Waals surface area (Å²) >= 11 is 6.46. The van der Waals surface area contributed by atoms with E-state index in [0.29, 0.717) is 48.1 Å². The summed E-state index contributed by atoms with van der Waals surface area (Å²) in [5, 5.41) is 3.40. The Bertz CT molecular complexity index is 1500. The number of carbonyl (C=O) groups is 2. The van der Waals surface area contributed by atoms with Crippen molar-refractivity contribution >= 4 is 39.1 Å². The number of hydrogen-bond acceptors (Lipinski definition) is 6. The molecule has 4 rings (SSSR count). The summed E-state index contributed by atoms with van der Waals surface area (Å²) in [5.41, 5.74) is 0.866. The summed E-state index contributed by atoms with van der Waals surface area (Å²) in [6, 6.07) is 18.8. The SMILES string of the molecule is CC[C@H](C)NC(=O)[C@H](CC)N(Cc1ccccc1Cl)C(=O)CN(c1ccc2c(c1)OCCO2)S(=O)(=O)c1ccccc1. The smallest absolute Gasteiger partial charge is 0.264 e. The molecule has 1 aliphatic heterocycles. The van der Waals surface area contributed by atoms with Gasteiger partial charge in [0.05, 0.1) is 10.6 Å². The Labute approximate surface area is 252 Å². The second-order valence-corrected chi connectivity index (χ2v) is 12.3. The van der Waals surface area contributed by atoms with Crippen molar-refractivity contribution in [1.82, 2.24) is 10.2 Å². The van der Waals surface area contributed by atoms with Gasteiger partial charge in [0.2, 0.25) is 11.8 Å². The summed E-state index contributed by atoms with van der Waals surface area (Å²) in [4.78, 5) is 29.0. The lowest BCUT2D eigenvalue weighted by Crippen LogP contribution is -2.53. The summed E-state index contributed by atoms with van der Waals surface area (Å²) in [6.07, 6.45) is 1.03. The Balaban J connectivity index is 1.76. The highest BCUT2D eigenvalue weighted by Crippen LogP contribution is 2.36. The summed E-state index contributed by atoms with van der Waals surface area (Å²) in [5.74, 6) is -0.00670. The Morgan fingerprint density at radius 2 is 1.60 bits per heavy atom. The number of amides is 2. The van der Waals surface area contributed by atoms with Crippen LogP contribution in [-0.4, -0.2) is 57.0 Å². The number of nitrogens with one attached hydrogen (secondary N) is 1. The number of halogens is 1. The predicted molar refractivity (Wildman–Crippen MR) is 162 cm³/mol. The van der Waals surface area contributed by atoms with E-state index in [-0.39, 0.29) is 29.1 Å². The molecule has 0 aliphatic carbocycles. The molecule has 0 saturated carbocycles. The van der Waals surface area contributed by atoms with Gasteiger partial charge in [0, 0.05) is 23.7 Å². The van der Waals surface area contributed by atoms with E-state index in [4.69, 9.17) is 21.1 Å². The van der Waals surface area contributed by atoms with E-state index in [2.05, 4.69) is 5.32 Å². The number of anilines is 1. The molecule has 0 unspecified atom stereocenters. The number of benzene rings is 3. The molecule has 1 heterocycles.